The minimum Gasteiger partial charge on any atom is -0.350 e. The number of hydrogen-bond acceptors (Lipinski definition) is 2. The zero-order chi connectivity index (χ0) is 14.5. The fourth-order valence-electron chi connectivity index (χ4n) is 4.47. The Bertz CT molecular complexity index is 365. The van der Waals surface area contributed by atoms with E-state index in [4.69, 9.17) is 0 Å². The highest BCUT2D eigenvalue weighted by molar-refractivity contribution is 5.78. The molecule has 2 bridgehead atoms. The van der Waals surface area contributed by atoms with E-state index >= 15 is 0 Å². The zero-order valence-electron chi connectivity index (χ0n) is 13.4. The second-order valence-corrected chi connectivity index (χ2v) is 8.53. The van der Waals surface area contributed by atoms with E-state index in [9.17, 15) is 4.79 Å². The molecule has 2 N–H and O–H groups in total. The number of hydrogen-bond donors (Lipinski definition) is 2. The van der Waals surface area contributed by atoms with Crippen molar-refractivity contribution in [3.05, 3.63) is 0 Å². The third-order valence-electron chi connectivity index (χ3n) is 5.25. The van der Waals surface area contributed by atoms with Crippen LogP contribution in [-0.2, 0) is 4.79 Å². The van der Waals surface area contributed by atoms with Gasteiger partial charge >= 0.3 is 0 Å². The molecule has 0 aromatic carbocycles. The maximum absolute atomic E-state index is 12.0. The van der Waals surface area contributed by atoms with Crippen molar-refractivity contribution in [3.63, 3.8) is 0 Å². The number of fused-ring (bicyclic) bond motifs is 2. The molecule has 1 amide bonds. The van der Waals surface area contributed by atoms with E-state index in [1.54, 1.807) is 0 Å². The van der Waals surface area contributed by atoms with E-state index in [2.05, 4.69) is 31.4 Å². The van der Waals surface area contributed by atoms with Crippen molar-refractivity contribution in [2.75, 3.05) is 6.54 Å². The van der Waals surface area contributed by atoms with Crippen LogP contribution in [0.1, 0.15) is 60.8 Å². The fraction of sp³-hybridized carbons (Fsp3) is 0.938. The van der Waals surface area contributed by atoms with Gasteiger partial charge < -0.3 is 10.6 Å². The van der Waals surface area contributed by atoms with Gasteiger partial charge in [-0.1, -0.05) is 20.8 Å². The van der Waals surface area contributed by atoms with Gasteiger partial charge in [-0.2, -0.15) is 0 Å². The average molecular weight is 266 g/mol. The maximum Gasteiger partial charge on any atom is 0.234 e. The predicted octanol–water partition coefficient (Wildman–Crippen LogP) is 2.71. The van der Waals surface area contributed by atoms with Crippen LogP contribution in [0.3, 0.4) is 0 Å². The van der Waals surface area contributed by atoms with Crippen LogP contribution in [-0.4, -0.2) is 24.0 Å². The Morgan fingerprint density at radius 3 is 2.37 bits per heavy atom. The lowest BCUT2D eigenvalue weighted by atomic mass is 9.68. The number of carbonyl (C=O) groups is 1. The Hall–Kier alpha value is -0.570. The van der Waals surface area contributed by atoms with Crippen molar-refractivity contribution in [2.45, 2.75) is 72.4 Å². The first kappa shape index (κ1) is 14.8. The monoisotopic (exact) mass is 266 g/mol. The molecule has 1 unspecified atom stereocenters. The average Bonchev–Trinajstić information content (AvgIpc) is 2.65. The normalized spacial score (nSPS) is 36.5. The van der Waals surface area contributed by atoms with Crippen LogP contribution in [0.5, 0.6) is 0 Å². The highest BCUT2D eigenvalue weighted by Crippen LogP contribution is 2.62. The molecular weight excluding hydrogens is 236 g/mol. The van der Waals surface area contributed by atoms with Crippen LogP contribution in [0.15, 0.2) is 0 Å². The molecule has 0 heterocycles. The molecule has 0 saturated heterocycles. The first-order valence-electron chi connectivity index (χ1n) is 7.59. The Balaban J connectivity index is 1.94. The summed E-state index contributed by atoms with van der Waals surface area (Å²) in [7, 11) is 0. The number of amides is 1. The molecule has 3 heteroatoms. The summed E-state index contributed by atoms with van der Waals surface area (Å²) in [5, 5.41) is 6.58. The third-order valence-corrected chi connectivity index (χ3v) is 5.25. The van der Waals surface area contributed by atoms with Crippen molar-refractivity contribution < 1.29 is 4.79 Å². The van der Waals surface area contributed by atoms with Gasteiger partial charge in [0.25, 0.3) is 0 Å². The number of carbonyl (C=O) groups excluding carboxylic acids is 1. The lowest BCUT2D eigenvalue weighted by molar-refractivity contribution is -0.122. The molecule has 2 rings (SSSR count). The van der Waals surface area contributed by atoms with E-state index in [-0.39, 0.29) is 11.4 Å². The Labute approximate surface area is 117 Å². The quantitative estimate of drug-likeness (QED) is 0.824. The summed E-state index contributed by atoms with van der Waals surface area (Å²) in [6.07, 6.45) is 3.98. The van der Waals surface area contributed by atoms with Gasteiger partial charge in [0.2, 0.25) is 5.91 Å². The molecule has 0 spiro atoms. The standard InChI is InChI=1S/C16H30N2O/c1-14(2,3)18-12(19)10-17-13-15(4,5)11-7-8-16(13,6)9-11/h11,13,17H,7-10H2,1-6H3,(H,18,19)/t11-,13?,16+/m0/s1. The largest absolute Gasteiger partial charge is 0.350 e. The highest BCUT2D eigenvalue weighted by atomic mass is 16.2. The summed E-state index contributed by atoms with van der Waals surface area (Å²) in [5.41, 5.74) is 0.554. The zero-order valence-corrected chi connectivity index (χ0v) is 13.4. The van der Waals surface area contributed by atoms with E-state index in [0.717, 1.165) is 5.92 Å². The lowest BCUT2D eigenvalue weighted by Gasteiger charge is -2.43. The lowest BCUT2D eigenvalue weighted by Crippen LogP contribution is -2.54. The smallest absolute Gasteiger partial charge is 0.234 e. The summed E-state index contributed by atoms with van der Waals surface area (Å²) in [6, 6.07) is 0.462. The first-order valence-corrected chi connectivity index (χ1v) is 7.59. The molecule has 0 aromatic rings. The van der Waals surface area contributed by atoms with Gasteiger partial charge in [-0.3, -0.25) is 4.79 Å². The Morgan fingerprint density at radius 2 is 1.89 bits per heavy atom. The second-order valence-electron chi connectivity index (χ2n) is 8.53. The van der Waals surface area contributed by atoms with Crippen molar-refractivity contribution in [1.82, 2.24) is 10.6 Å². The van der Waals surface area contributed by atoms with E-state index < -0.39 is 0 Å². The number of nitrogens with one attached hydrogen (secondary N) is 2. The Morgan fingerprint density at radius 1 is 1.26 bits per heavy atom. The van der Waals surface area contributed by atoms with Crippen molar-refractivity contribution >= 4 is 5.91 Å². The topological polar surface area (TPSA) is 41.1 Å². The molecule has 19 heavy (non-hydrogen) atoms. The van der Waals surface area contributed by atoms with Gasteiger partial charge in [-0.15, -0.1) is 0 Å². The van der Waals surface area contributed by atoms with Crippen LogP contribution in [0.2, 0.25) is 0 Å². The van der Waals surface area contributed by atoms with Crippen LogP contribution >= 0.6 is 0 Å². The molecule has 0 aliphatic heterocycles. The van der Waals surface area contributed by atoms with Gasteiger partial charge in [0.1, 0.15) is 0 Å². The molecule has 0 radical (unpaired) electrons. The summed E-state index contributed by atoms with van der Waals surface area (Å²) < 4.78 is 0. The maximum atomic E-state index is 12.0. The Kier molecular flexibility index (Phi) is 3.49. The van der Waals surface area contributed by atoms with E-state index in [0.29, 0.717) is 23.4 Å². The molecule has 3 nitrogen and oxygen atoms in total. The van der Waals surface area contributed by atoms with E-state index in [1.807, 2.05) is 20.8 Å². The number of rotatable bonds is 3. The molecule has 0 aromatic heterocycles. The van der Waals surface area contributed by atoms with Crippen molar-refractivity contribution in [3.8, 4) is 0 Å². The van der Waals surface area contributed by atoms with Gasteiger partial charge in [0.05, 0.1) is 6.54 Å². The van der Waals surface area contributed by atoms with Gasteiger partial charge in [-0.05, 0) is 56.8 Å². The van der Waals surface area contributed by atoms with Gasteiger partial charge in [-0.25, -0.2) is 0 Å². The summed E-state index contributed by atoms with van der Waals surface area (Å²) in [4.78, 5) is 12.0. The molecule has 3 atom stereocenters. The van der Waals surface area contributed by atoms with Crippen LogP contribution in [0.4, 0.5) is 0 Å². The molecule has 2 aliphatic carbocycles. The van der Waals surface area contributed by atoms with Gasteiger partial charge in [0.15, 0.2) is 0 Å². The highest BCUT2D eigenvalue weighted by Gasteiger charge is 2.58. The minimum atomic E-state index is -0.146. The molecular formula is C16H30N2O. The fourth-order valence-corrected chi connectivity index (χ4v) is 4.47. The van der Waals surface area contributed by atoms with Gasteiger partial charge in [0, 0.05) is 11.6 Å². The van der Waals surface area contributed by atoms with Crippen LogP contribution in [0, 0.1) is 16.7 Å². The molecule has 2 saturated carbocycles. The predicted molar refractivity (Wildman–Crippen MR) is 78.9 cm³/mol. The van der Waals surface area contributed by atoms with Crippen LogP contribution in [0.25, 0.3) is 0 Å². The SMILES string of the molecule is CC(C)(C)NC(=O)CNC1C(C)(C)[C@H]2CC[C@]1(C)C2. The molecule has 110 valence electrons. The van der Waals surface area contributed by atoms with Crippen molar-refractivity contribution in [1.29, 1.82) is 0 Å². The van der Waals surface area contributed by atoms with E-state index in [1.165, 1.54) is 19.3 Å². The second kappa shape index (κ2) is 4.47. The molecule has 2 aliphatic rings. The summed E-state index contributed by atoms with van der Waals surface area (Å²) in [6.45, 7) is 13.6. The summed E-state index contributed by atoms with van der Waals surface area (Å²) in [5.74, 6) is 0.926. The van der Waals surface area contributed by atoms with Crippen LogP contribution < -0.4 is 10.6 Å². The third kappa shape index (κ3) is 2.81. The first-order chi connectivity index (χ1) is 8.55. The minimum absolute atomic E-state index is 0.106. The summed E-state index contributed by atoms with van der Waals surface area (Å²) >= 11 is 0. The molecule has 2 fully saturated rings. The van der Waals surface area contributed by atoms with Crippen molar-refractivity contribution in [2.24, 2.45) is 16.7 Å².